The van der Waals surface area contributed by atoms with Gasteiger partial charge in [-0.1, -0.05) is 65.9 Å². The van der Waals surface area contributed by atoms with E-state index >= 15 is 0 Å². The maximum Gasteiger partial charge on any atom is 0.192 e. The van der Waals surface area contributed by atoms with Crippen molar-refractivity contribution in [3.05, 3.63) is 106 Å². The summed E-state index contributed by atoms with van der Waals surface area (Å²) in [6.45, 7) is 6.78. The third-order valence-corrected chi connectivity index (χ3v) is 7.83. The van der Waals surface area contributed by atoms with Crippen LogP contribution < -0.4 is 0 Å². The molecule has 3 aromatic heterocycles. The fourth-order valence-electron chi connectivity index (χ4n) is 4.24. The molecule has 5 rings (SSSR count). The number of hydrogen-bond donors (Lipinski definition) is 0. The van der Waals surface area contributed by atoms with Crippen LogP contribution in [-0.2, 0) is 6.54 Å². The van der Waals surface area contributed by atoms with E-state index < -0.39 is 0 Å². The fraction of sp³-hybridized carbons (Fsp3) is 0.179. The predicted molar refractivity (Wildman–Crippen MR) is 144 cm³/mol. The first-order valence-corrected chi connectivity index (χ1v) is 13.3. The molecule has 35 heavy (non-hydrogen) atoms. The summed E-state index contributed by atoms with van der Waals surface area (Å²) in [5.41, 5.74) is 6.21. The zero-order valence-electron chi connectivity index (χ0n) is 19.9. The number of benzene rings is 2. The maximum absolute atomic E-state index is 13.3. The van der Waals surface area contributed by atoms with Crippen molar-refractivity contribution in [1.29, 1.82) is 0 Å². The van der Waals surface area contributed by atoms with Gasteiger partial charge in [-0.05, 0) is 56.0 Å². The van der Waals surface area contributed by atoms with Crippen LogP contribution in [0.3, 0.4) is 0 Å². The number of Topliss-reactive ketones (excluding diaryl/α,β-unsaturated/α-hetero) is 1. The Bertz CT molecular complexity index is 1450. The van der Waals surface area contributed by atoms with Gasteiger partial charge in [0.1, 0.15) is 0 Å². The van der Waals surface area contributed by atoms with Gasteiger partial charge in [0.05, 0.1) is 17.2 Å². The Morgan fingerprint density at radius 3 is 2.43 bits per heavy atom. The molecule has 0 atom stereocenters. The lowest BCUT2D eigenvalue weighted by molar-refractivity contribution is 0.102. The van der Waals surface area contributed by atoms with E-state index in [2.05, 4.69) is 68.7 Å². The number of ketones is 1. The molecule has 0 aliphatic carbocycles. The molecule has 0 amide bonds. The number of thiophene rings is 1. The predicted octanol–water partition coefficient (Wildman–Crippen LogP) is 6.75. The van der Waals surface area contributed by atoms with Crippen LogP contribution in [0.1, 0.15) is 32.9 Å². The second-order valence-corrected chi connectivity index (χ2v) is 10.4. The smallest absolute Gasteiger partial charge is 0.192 e. The molecule has 3 heterocycles. The molecule has 0 saturated carbocycles. The Hall–Kier alpha value is -3.42. The van der Waals surface area contributed by atoms with Crippen LogP contribution >= 0.6 is 23.1 Å². The second kappa shape index (κ2) is 10.1. The quantitative estimate of drug-likeness (QED) is 0.175. The zero-order chi connectivity index (χ0) is 24.4. The SMILES string of the molecule is Cc1ccc(-n2c(C)cc(C(=O)CSc3nnc(-c4cccs4)n3Cc3ccccc3)c2C)cc1. The molecule has 5 nitrogen and oxygen atoms in total. The van der Waals surface area contributed by atoms with Crippen LogP contribution in [0.4, 0.5) is 0 Å². The van der Waals surface area contributed by atoms with Crippen molar-refractivity contribution < 1.29 is 4.79 Å². The first kappa shape index (κ1) is 23.3. The van der Waals surface area contributed by atoms with Gasteiger partial charge in [0.25, 0.3) is 0 Å². The van der Waals surface area contributed by atoms with Gasteiger partial charge in [-0.3, -0.25) is 9.36 Å². The average molecular weight is 499 g/mol. The molecule has 0 aliphatic rings. The van der Waals surface area contributed by atoms with Gasteiger partial charge in [0.2, 0.25) is 0 Å². The summed E-state index contributed by atoms with van der Waals surface area (Å²) in [6, 6.07) is 24.7. The highest BCUT2D eigenvalue weighted by atomic mass is 32.2. The lowest BCUT2D eigenvalue weighted by Gasteiger charge is -2.11. The van der Waals surface area contributed by atoms with E-state index in [-0.39, 0.29) is 5.78 Å². The monoisotopic (exact) mass is 498 g/mol. The van der Waals surface area contributed by atoms with Crippen molar-refractivity contribution in [2.24, 2.45) is 0 Å². The normalized spacial score (nSPS) is 11.2. The molecule has 0 saturated heterocycles. The molecule has 0 aliphatic heterocycles. The molecule has 0 spiro atoms. The summed E-state index contributed by atoms with van der Waals surface area (Å²) in [5.74, 6) is 1.22. The van der Waals surface area contributed by atoms with Crippen molar-refractivity contribution in [2.75, 3.05) is 5.75 Å². The number of carbonyl (C=O) groups excluding carboxylic acids is 1. The Balaban J connectivity index is 1.39. The van der Waals surface area contributed by atoms with E-state index in [1.807, 2.05) is 49.6 Å². The Morgan fingerprint density at radius 1 is 0.943 bits per heavy atom. The largest absolute Gasteiger partial charge is 0.318 e. The first-order chi connectivity index (χ1) is 17.0. The molecule has 176 valence electrons. The summed E-state index contributed by atoms with van der Waals surface area (Å²) in [5, 5.41) is 11.7. The van der Waals surface area contributed by atoms with Crippen LogP contribution in [-0.4, -0.2) is 30.9 Å². The lowest BCUT2D eigenvalue weighted by Crippen LogP contribution is -2.08. The highest BCUT2D eigenvalue weighted by Gasteiger charge is 2.20. The van der Waals surface area contributed by atoms with Gasteiger partial charge in [-0.25, -0.2) is 0 Å². The minimum absolute atomic E-state index is 0.0911. The Labute approximate surface area is 213 Å². The highest BCUT2D eigenvalue weighted by molar-refractivity contribution is 7.99. The summed E-state index contributed by atoms with van der Waals surface area (Å²) < 4.78 is 4.25. The van der Waals surface area contributed by atoms with Gasteiger partial charge in [0.15, 0.2) is 16.8 Å². The summed E-state index contributed by atoms with van der Waals surface area (Å²) in [7, 11) is 0. The topological polar surface area (TPSA) is 52.7 Å². The van der Waals surface area contributed by atoms with Crippen LogP contribution in [0, 0.1) is 20.8 Å². The van der Waals surface area contributed by atoms with Crippen LogP contribution in [0.5, 0.6) is 0 Å². The maximum atomic E-state index is 13.3. The van der Waals surface area contributed by atoms with Gasteiger partial charge in [0, 0.05) is 22.6 Å². The van der Waals surface area contributed by atoms with Crippen LogP contribution in [0.15, 0.2) is 83.3 Å². The summed E-state index contributed by atoms with van der Waals surface area (Å²) >= 11 is 3.08. The zero-order valence-corrected chi connectivity index (χ0v) is 21.6. The molecule has 7 heteroatoms. The minimum atomic E-state index is 0.0911. The third kappa shape index (κ3) is 4.88. The van der Waals surface area contributed by atoms with Crippen LogP contribution in [0.25, 0.3) is 16.4 Å². The number of nitrogens with zero attached hydrogens (tertiary/aromatic N) is 4. The number of hydrogen-bond acceptors (Lipinski definition) is 5. The highest BCUT2D eigenvalue weighted by Crippen LogP contribution is 2.29. The van der Waals surface area contributed by atoms with Crippen molar-refractivity contribution >= 4 is 28.9 Å². The van der Waals surface area contributed by atoms with E-state index in [9.17, 15) is 4.79 Å². The molecular weight excluding hydrogens is 472 g/mol. The van der Waals surface area contributed by atoms with E-state index in [1.54, 1.807) is 11.3 Å². The molecular formula is C28H26N4OS2. The van der Waals surface area contributed by atoms with E-state index in [0.29, 0.717) is 12.3 Å². The number of thioether (sulfide) groups is 1. The second-order valence-electron chi connectivity index (χ2n) is 8.52. The number of aryl methyl sites for hydroxylation is 2. The Morgan fingerprint density at radius 2 is 1.71 bits per heavy atom. The van der Waals surface area contributed by atoms with E-state index in [4.69, 9.17) is 0 Å². The van der Waals surface area contributed by atoms with E-state index in [1.165, 1.54) is 22.9 Å². The summed E-state index contributed by atoms with van der Waals surface area (Å²) in [4.78, 5) is 14.4. The number of aromatic nitrogens is 4. The standard InChI is InChI=1S/C28H26N4OS2/c1-19-11-13-23(14-12-19)32-20(2)16-24(21(32)3)25(33)18-35-28-30-29-27(26-10-7-15-34-26)31(28)17-22-8-5-4-6-9-22/h4-16H,17-18H2,1-3H3. The molecule has 0 radical (unpaired) electrons. The summed E-state index contributed by atoms with van der Waals surface area (Å²) in [6.07, 6.45) is 0. The molecule has 5 aromatic rings. The molecule has 2 aromatic carbocycles. The van der Waals surface area contributed by atoms with Crippen molar-refractivity contribution in [3.63, 3.8) is 0 Å². The molecule has 0 fully saturated rings. The molecule has 0 N–H and O–H groups in total. The minimum Gasteiger partial charge on any atom is -0.318 e. The average Bonchev–Trinajstić information content (AvgIpc) is 3.59. The third-order valence-electron chi connectivity index (χ3n) is 6.00. The van der Waals surface area contributed by atoms with Crippen molar-refractivity contribution in [2.45, 2.75) is 32.5 Å². The van der Waals surface area contributed by atoms with E-state index in [0.717, 1.165) is 38.5 Å². The van der Waals surface area contributed by atoms with Gasteiger partial charge in [-0.15, -0.1) is 21.5 Å². The number of rotatable bonds is 8. The van der Waals surface area contributed by atoms with Gasteiger partial charge >= 0.3 is 0 Å². The van der Waals surface area contributed by atoms with Gasteiger partial charge in [-0.2, -0.15) is 0 Å². The molecule has 0 bridgehead atoms. The molecule has 0 unspecified atom stereocenters. The first-order valence-electron chi connectivity index (χ1n) is 11.4. The fourth-order valence-corrected chi connectivity index (χ4v) is 5.77. The van der Waals surface area contributed by atoms with Crippen molar-refractivity contribution in [1.82, 2.24) is 19.3 Å². The van der Waals surface area contributed by atoms with Gasteiger partial charge < -0.3 is 4.57 Å². The lowest BCUT2D eigenvalue weighted by atomic mass is 10.2. The number of carbonyl (C=O) groups is 1. The van der Waals surface area contributed by atoms with Crippen molar-refractivity contribution in [3.8, 4) is 16.4 Å². The van der Waals surface area contributed by atoms with Crippen LogP contribution in [0.2, 0.25) is 0 Å². The Kier molecular flexibility index (Phi) is 6.70.